The lowest BCUT2D eigenvalue weighted by Gasteiger charge is -2.22. The number of unbranched alkanes of at least 4 members (excludes halogenated alkanes) is 1. The first kappa shape index (κ1) is 15.5. The predicted octanol–water partition coefficient (Wildman–Crippen LogP) is 3.36. The van der Waals surface area contributed by atoms with E-state index >= 15 is 0 Å². The van der Waals surface area contributed by atoms with Crippen LogP contribution in [0.4, 0.5) is 0 Å². The van der Waals surface area contributed by atoms with E-state index in [0.29, 0.717) is 5.75 Å². The Kier molecular flexibility index (Phi) is 6.36. The summed E-state index contributed by atoms with van der Waals surface area (Å²) < 4.78 is 11.4. The van der Waals surface area contributed by atoms with Gasteiger partial charge in [0.1, 0.15) is 11.9 Å². The molecule has 0 radical (unpaired) electrons. The second kappa shape index (κ2) is 7.79. The number of rotatable bonds is 8. The summed E-state index contributed by atoms with van der Waals surface area (Å²) in [6.07, 6.45) is 2.08. The standard InChI is InChI=1S/C15H22O4/c1-4-5-10-18-11(2)12(3)19-14-8-6-13(7-9-14)15(16)17/h6-9,11-12H,4-5,10H2,1-3H3,(H,16,17)/t11-,12-/m0/s1. The van der Waals surface area contributed by atoms with Gasteiger partial charge in [-0.1, -0.05) is 13.3 Å². The van der Waals surface area contributed by atoms with Crippen molar-refractivity contribution < 1.29 is 19.4 Å². The van der Waals surface area contributed by atoms with Crippen molar-refractivity contribution in [3.63, 3.8) is 0 Å². The summed E-state index contributed by atoms with van der Waals surface area (Å²) in [6, 6.07) is 6.40. The minimum absolute atomic E-state index is 0.00528. The van der Waals surface area contributed by atoms with E-state index in [9.17, 15) is 4.79 Å². The highest BCUT2D eigenvalue weighted by atomic mass is 16.5. The molecule has 0 saturated heterocycles. The summed E-state index contributed by atoms with van der Waals surface area (Å²) in [7, 11) is 0. The van der Waals surface area contributed by atoms with Crippen LogP contribution in [-0.4, -0.2) is 29.9 Å². The van der Waals surface area contributed by atoms with Crippen molar-refractivity contribution in [1.29, 1.82) is 0 Å². The van der Waals surface area contributed by atoms with E-state index in [1.165, 1.54) is 12.1 Å². The van der Waals surface area contributed by atoms with Crippen LogP contribution in [0.3, 0.4) is 0 Å². The first-order valence-corrected chi connectivity index (χ1v) is 6.66. The third-order valence-electron chi connectivity index (χ3n) is 2.96. The maximum atomic E-state index is 10.7. The molecule has 1 aromatic rings. The molecule has 1 aromatic carbocycles. The molecule has 0 fully saturated rings. The number of carboxylic acid groups (broad SMARTS) is 1. The van der Waals surface area contributed by atoms with Gasteiger partial charge in [-0.2, -0.15) is 0 Å². The summed E-state index contributed by atoms with van der Waals surface area (Å²) in [4.78, 5) is 10.7. The molecule has 0 amide bonds. The molecule has 0 heterocycles. The van der Waals surface area contributed by atoms with Gasteiger partial charge in [-0.15, -0.1) is 0 Å². The van der Waals surface area contributed by atoms with E-state index in [1.807, 2.05) is 13.8 Å². The highest BCUT2D eigenvalue weighted by molar-refractivity contribution is 5.87. The molecule has 0 aliphatic carbocycles. The highest BCUT2D eigenvalue weighted by Gasteiger charge is 2.14. The zero-order chi connectivity index (χ0) is 14.3. The SMILES string of the molecule is CCCCO[C@@H](C)[C@H](C)Oc1ccc(C(=O)O)cc1. The normalized spacial score (nSPS) is 13.8. The summed E-state index contributed by atoms with van der Waals surface area (Å²) >= 11 is 0. The summed E-state index contributed by atoms with van der Waals surface area (Å²) in [5, 5.41) is 8.81. The van der Waals surface area contributed by atoms with Gasteiger partial charge in [0.2, 0.25) is 0 Å². The molecule has 0 aliphatic heterocycles. The van der Waals surface area contributed by atoms with Crippen LogP contribution >= 0.6 is 0 Å². The Morgan fingerprint density at radius 3 is 2.37 bits per heavy atom. The minimum Gasteiger partial charge on any atom is -0.488 e. The van der Waals surface area contributed by atoms with E-state index in [4.69, 9.17) is 14.6 Å². The molecule has 1 rings (SSSR count). The van der Waals surface area contributed by atoms with Crippen molar-refractivity contribution in [2.24, 2.45) is 0 Å². The third kappa shape index (κ3) is 5.30. The van der Waals surface area contributed by atoms with E-state index in [-0.39, 0.29) is 17.8 Å². The van der Waals surface area contributed by atoms with E-state index in [1.54, 1.807) is 12.1 Å². The molecule has 2 atom stereocenters. The van der Waals surface area contributed by atoms with Crippen molar-refractivity contribution in [3.8, 4) is 5.75 Å². The van der Waals surface area contributed by atoms with Crippen molar-refractivity contribution >= 4 is 5.97 Å². The first-order chi connectivity index (χ1) is 9.04. The largest absolute Gasteiger partial charge is 0.488 e. The molecule has 0 saturated carbocycles. The summed E-state index contributed by atoms with van der Waals surface area (Å²) in [5.74, 6) is -0.278. The van der Waals surface area contributed by atoms with Crippen molar-refractivity contribution in [2.45, 2.75) is 45.8 Å². The van der Waals surface area contributed by atoms with Crippen LogP contribution in [0.25, 0.3) is 0 Å². The highest BCUT2D eigenvalue weighted by Crippen LogP contribution is 2.16. The van der Waals surface area contributed by atoms with E-state index in [2.05, 4.69) is 6.92 Å². The number of carbonyl (C=O) groups is 1. The van der Waals surface area contributed by atoms with Gasteiger partial charge in [0.15, 0.2) is 0 Å². The number of carboxylic acids is 1. The number of aromatic carboxylic acids is 1. The smallest absolute Gasteiger partial charge is 0.335 e. The van der Waals surface area contributed by atoms with Crippen LogP contribution in [0, 0.1) is 0 Å². The average molecular weight is 266 g/mol. The number of ether oxygens (including phenoxy) is 2. The minimum atomic E-state index is -0.934. The quantitative estimate of drug-likeness (QED) is 0.733. The van der Waals surface area contributed by atoms with Crippen molar-refractivity contribution in [2.75, 3.05) is 6.61 Å². The van der Waals surface area contributed by atoms with Crippen molar-refractivity contribution in [3.05, 3.63) is 29.8 Å². The zero-order valence-corrected chi connectivity index (χ0v) is 11.8. The molecule has 0 unspecified atom stereocenters. The molecule has 0 aliphatic rings. The topological polar surface area (TPSA) is 55.8 Å². The van der Waals surface area contributed by atoms with Gasteiger partial charge in [0.25, 0.3) is 0 Å². The van der Waals surface area contributed by atoms with Crippen LogP contribution in [0.1, 0.15) is 44.0 Å². The van der Waals surface area contributed by atoms with Gasteiger partial charge in [-0.3, -0.25) is 0 Å². The first-order valence-electron chi connectivity index (χ1n) is 6.66. The molecule has 4 nitrogen and oxygen atoms in total. The number of benzene rings is 1. The van der Waals surface area contributed by atoms with Gasteiger partial charge in [-0.05, 0) is 44.5 Å². The lowest BCUT2D eigenvalue weighted by atomic mass is 10.2. The summed E-state index contributed by atoms with van der Waals surface area (Å²) in [6.45, 7) is 6.79. The molecule has 4 heteroatoms. The zero-order valence-electron chi connectivity index (χ0n) is 11.8. The molecule has 106 valence electrons. The Morgan fingerprint density at radius 2 is 1.84 bits per heavy atom. The fourth-order valence-corrected chi connectivity index (χ4v) is 1.54. The fourth-order valence-electron chi connectivity index (χ4n) is 1.54. The summed E-state index contributed by atoms with van der Waals surface area (Å²) in [5.41, 5.74) is 0.257. The maximum Gasteiger partial charge on any atom is 0.335 e. The van der Waals surface area contributed by atoms with Gasteiger partial charge in [-0.25, -0.2) is 4.79 Å². The van der Waals surface area contributed by atoms with Crippen molar-refractivity contribution in [1.82, 2.24) is 0 Å². The van der Waals surface area contributed by atoms with E-state index < -0.39 is 5.97 Å². The third-order valence-corrected chi connectivity index (χ3v) is 2.96. The number of hydrogen-bond acceptors (Lipinski definition) is 3. The van der Waals surface area contributed by atoms with Crippen LogP contribution in [0.2, 0.25) is 0 Å². The van der Waals surface area contributed by atoms with Crippen LogP contribution in [-0.2, 0) is 4.74 Å². The second-order valence-electron chi connectivity index (χ2n) is 4.58. The second-order valence-corrected chi connectivity index (χ2v) is 4.58. The molecule has 0 aromatic heterocycles. The predicted molar refractivity (Wildman–Crippen MR) is 73.8 cm³/mol. The van der Waals surface area contributed by atoms with Crippen LogP contribution < -0.4 is 4.74 Å². The Hall–Kier alpha value is -1.55. The lowest BCUT2D eigenvalue weighted by Crippen LogP contribution is -2.29. The number of hydrogen-bond donors (Lipinski definition) is 1. The Bertz CT molecular complexity index is 386. The molecule has 0 bridgehead atoms. The van der Waals surface area contributed by atoms with Gasteiger partial charge in [0, 0.05) is 6.61 Å². The Morgan fingerprint density at radius 1 is 1.21 bits per heavy atom. The average Bonchev–Trinajstić information content (AvgIpc) is 2.39. The van der Waals surface area contributed by atoms with Crippen LogP contribution in [0.5, 0.6) is 5.75 Å². The Labute approximate surface area is 114 Å². The Balaban J connectivity index is 2.46. The fraction of sp³-hybridized carbons (Fsp3) is 0.533. The molecular formula is C15H22O4. The molecular weight excluding hydrogens is 244 g/mol. The maximum absolute atomic E-state index is 10.7. The lowest BCUT2D eigenvalue weighted by molar-refractivity contribution is -0.00817. The van der Waals surface area contributed by atoms with Gasteiger partial charge < -0.3 is 14.6 Å². The molecule has 19 heavy (non-hydrogen) atoms. The van der Waals surface area contributed by atoms with E-state index in [0.717, 1.165) is 19.4 Å². The molecule has 0 spiro atoms. The van der Waals surface area contributed by atoms with Gasteiger partial charge >= 0.3 is 5.97 Å². The van der Waals surface area contributed by atoms with Gasteiger partial charge in [0.05, 0.1) is 11.7 Å². The monoisotopic (exact) mass is 266 g/mol. The van der Waals surface area contributed by atoms with Crippen LogP contribution in [0.15, 0.2) is 24.3 Å². The molecule has 1 N–H and O–H groups in total.